The molecule has 0 fully saturated rings. The maximum Gasteiger partial charge on any atom is 0.179 e. The molecule has 1 aromatic rings. The van der Waals surface area contributed by atoms with Gasteiger partial charge in [-0.15, -0.1) is 0 Å². The second-order valence-corrected chi connectivity index (χ2v) is 7.09. The summed E-state index contributed by atoms with van der Waals surface area (Å²) in [5, 5.41) is 0. The first-order chi connectivity index (χ1) is 7.94. The van der Waals surface area contributed by atoms with Gasteiger partial charge >= 0.3 is 0 Å². The van der Waals surface area contributed by atoms with Gasteiger partial charge in [-0.2, -0.15) is 0 Å². The van der Waals surface area contributed by atoms with Crippen molar-refractivity contribution in [2.24, 2.45) is 11.1 Å². The Kier molecular flexibility index (Phi) is 3.04. The summed E-state index contributed by atoms with van der Waals surface area (Å²) in [5.41, 5.74) is 6.66. The second-order valence-electron chi connectivity index (χ2n) is 5.08. The maximum absolute atomic E-state index is 12.1. The summed E-state index contributed by atoms with van der Waals surface area (Å²) in [7, 11) is -3.11. The average molecular weight is 253 g/mol. The van der Waals surface area contributed by atoms with Gasteiger partial charge in [-0.3, -0.25) is 0 Å². The number of hydrogen-bond donors (Lipinski definition) is 1. The molecule has 2 rings (SSSR count). The number of hydrogen-bond acceptors (Lipinski definition) is 3. The fraction of sp³-hybridized carbons (Fsp3) is 0.538. The minimum atomic E-state index is -3.11. The van der Waals surface area contributed by atoms with Gasteiger partial charge < -0.3 is 5.73 Å². The Balaban J connectivity index is 2.56. The summed E-state index contributed by atoms with van der Waals surface area (Å²) in [6.07, 6.45) is 0.887. The molecule has 2 atom stereocenters. The van der Waals surface area contributed by atoms with Gasteiger partial charge in [0, 0.05) is 5.92 Å². The maximum atomic E-state index is 12.1. The molecule has 4 heteroatoms. The van der Waals surface area contributed by atoms with Gasteiger partial charge in [0.15, 0.2) is 9.84 Å². The van der Waals surface area contributed by atoms with Crippen LogP contribution in [0.4, 0.5) is 0 Å². The zero-order chi connectivity index (χ0) is 12.7. The number of rotatable bonds is 3. The van der Waals surface area contributed by atoms with Crippen molar-refractivity contribution < 1.29 is 8.42 Å². The van der Waals surface area contributed by atoms with Crippen LogP contribution in [0, 0.1) is 5.41 Å². The highest BCUT2D eigenvalue weighted by Crippen LogP contribution is 2.46. The van der Waals surface area contributed by atoms with E-state index in [1.165, 1.54) is 0 Å². The zero-order valence-corrected chi connectivity index (χ0v) is 11.1. The van der Waals surface area contributed by atoms with Crippen molar-refractivity contribution in [3.05, 3.63) is 29.8 Å². The van der Waals surface area contributed by atoms with E-state index >= 15 is 0 Å². The van der Waals surface area contributed by atoms with E-state index < -0.39 is 9.84 Å². The molecule has 2 unspecified atom stereocenters. The molecule has 1 aliphatic heterocycles. The molecule has 2 N–H and O–H groups in total. The van der Waals surface area contributed by atoms with Crippen LogP contribution in [0.1, 0.15) is 31.7 Å². The number of benzene rings is 1. The lowest BCUT2D eigenvalue weighted by Crippen LogP contribution is -2.34. The molecule has 0 aromatic heterocycles. The summed E-state index contributed by atoms with van der Waals surface area (Å²) >= 11 is 0. The van der Waals surface area contributed by atoms with Gasteiger partial charge in [-0.05, 0) is 30.0 Å². The van der Waals surface area contributed by atoms with Gasteiger partial charge in [0.25, 0.3) is 0 Å². The van der Waals surface area contributed by atoms with E-state index in [9.17, 15) is 8.42 Å². The summed E-state index contributed by atoms with van der Waals surface area (Å²) in [4.78, 5) is 0.498. The van der Waals surface area contributed by atoms with E-state index in [2.05, 4.69) is 13.8 Å². The largest absolute Gasteiger partial charge is 0.330 e. The molecule has 1 heterocycles. The molecule has 1 aromatic carbocycles. The zero-order valence-electron chi connectivity index (χ0n) is 10.3. The van der Waals surface area contributed by atoms with E-state index in [1.807, 2.05) is 12.1 Å². The lowest BCUT2D eigenvalue weighted by Gasteiger charge is -2.33. The lowest BCUT2D eigenvalue weighted by molar-refractivity contribution is 0.268. The quantitative estimate of drug-likeness (QED) is 0.895. The SMILES string of the molecule is CCC(C)(CN)C1CS(=O)(=O)c2ccccc21. The Morgan fingerprint density at radius 2 is 2.06 bits per heavy atom. The molecule has 94 valence electrons. The first-order valence-corrected chi connectivity index (χ1v) is 7.61. The molecule has 0 aliphatic carbocycles. The van der Waals surface area contributed by atoms with Crippen LogP contribution in [0.15, 0.2) is 29.2 Å². The van der Waals surface area contributed by atoms with Crippen LogP contribution in [-0.2, 0) is 9.84 Å². The van der Waals surface area contributed by atoms with Crippen molar-refractivity contribution in [2.75, 3.05) is 12.3 Å². The number of sulfone groups is 1. The normalized spacial score (nSPS) is 25.2. The van der Waals surface area contributed by atoms with Gasteiger partial charge in [-0.25, -0.2) is 8.42 Å². The summed E-state index contributed by atoms with van der Waals surface area (Å²) < 4.78 is 24.2. The minimum absolute atomic E-state index is 0.0266. The molecule has 0 saturated carbocycles. The summed E-state index contributed by atoms with van der Waals surface area (Å²) in [6, 6.07) is 7.31. The summed E-state index contributed by atoms with van der Waals surface area (Å²) in [5.74, 6) is 0.229. The molecule has 17 heavy (non-hydrogen) atoms. The van der Waals surface area contributed by atoms with Gasteiger partial charge in [0.05, 0.1) is 10.6 Å². The van der Waals surface area contributed by atoms with E-state index in [0.29, 0.717) is 11.4 Å². The summed E-state index contributed by atoms with van der Waals surface area (Å²) in [6.45, 7) is 4.66. The molecule has 0 bridgehead atoms. The molecule has 0 spiro atoms. The van der Waals surface area contributed by atoms with Crippen molar-refractivity contribution in [3.63, 3.8) is 0 Å². The van der Waals surface area contributed by atoms with Crippen LogP contribution in [0.25, 0.3) is 0 Å². The first kappa shape index (κ1) is 12.6. The topological polar surface area (TPSA) is 60.2 Å². The second kappa shape index (κ2) is 4.10. The Morgan fingerprint density at radius 1 is 1.41 bits per heavy atom. The van der Waals surface area contributed by atoms with Crippen LogP contribution >= 0.6 is 0 Å². The van der Waals surface area contributed by atoms with Crippen LogP contribution in [0.2, 0.25) is 0 Å². The van der Waals surface area contributed by atoms with Crippen molar-refractivity contribution in [1.82, 2.24) is 0 Å². The standard InChI is InChI=1S/C13H19NO2S/c1-3-13(2,9-14)11-8-17(15,16)12-7-5-4-6-10(11)12/h4-7,11H,3,8-9,14H2,1-2H3. The van der Waals surface area contributed by atoms with Crippen molar-refractivity contribution in [2.45, 2.75) is 31.1 Å². The van der Waals surface area contributed by atoms with Gasteiger partial charge in [-0.1, -0.05) is 32.0 Å². The fourth-order valence-electron chi connectivity index (χ4n) is 2.56. The first-order valence-electron chi connectivity index (χ1n) is 5.96. The van der Waals surface area contributed by atoms with E-state index in [1.54, 1.807) is 12.1 Å². The third-order valence-electron chi connectivity index (χ3n) is 4.13. The monoisotopic (exact) mass is 253 g/mol. The van der Waals surface area contributed by atoms with E-state index in [-0.39, 0.29) is 17.1 Å². The molecule has 0 amide bonds. The van der Waals surface area contributed by atoms with Crippen molar-refractivity contribution >= 4 is 9.84 Å². The highest BCUT2D eigenvalue weighted by molar-refractivity contribution is 7.91. The lowest BCUT2D eigenvalue weighted by atomic mass is 9.73. The van der Waals surface area contributed by atoms with Crippen LogP contribution in [0.3, 0.4) is 0 Å². The fourth-order valence-corrected chi connectivity index (χ4v) is 4.62. The van der Waals surface area contributed by atoms with Crippen molar-refractivity contribution in [3.8, 4) is 0 Å². The van der Waals surface area contributed by atoms with Crippen LogP contribution in [-0.4, -0.2) is 20.7 Å². The molecular formula is C13H19NO2S. The van der Waals surface area contributed by atoms with Crippen molar-refractivity contribution in [1.29, 1.82) is 0 Å². The van der Waals surface area contributed by atoms with Crippen LogP contribution < -0.4 is 5.73 Å². The smallest absolute Gasteiger partial charge is 0.179 e. The predicted molar refractivity (Wildman–Crippen MR) is 68.7 cm³/mol. The van der Waals surface area contributed by atoms with Gasteiger partial charge in [0.2, 0.25) is 0 Å². The third-order valence-corrected chi connectivity index (χ3v) is 5.94. The van der Waals surface area contributed by atoms with Gasteiger partial charge in [0.1, 0.15) is 0 Å². The number of fused-ring (bicyclic) bond motifs is 1. The van der Waals surface area contributed by atoms with E-state index in [0.717, 1.165) is 12.0 Å². The Labute approximate surface area is 103 Å². The van der Waals surface area contributed by atoms with Crippen LogP contribution in [0.5, 0.6) is 0 Å². The molecular weight excluding hydrogens is 234 g/mol. The molecule has 3 nitrogen and oxygen atoms in total. The Bertz CT molecular complexity index is 518. The number of nitrogens with two attached hydrogens (primary N) is 1. The highest BCUT2D eigenvalue weighted by atomic mass is 32.2. The third kappa shape index (κ3) is 1.89. The molecule has 1 aliphatic rings. The average Bonchev–Trinajstić information content (AvgIpc) is 2.62. The predicted octanol–water partition coefficient (Wildman–Crippen LogP) is 1.93. The highest BCUT2D eigenvalue weighted by Gasteiger charge is 2.43. The minimum Gasteiger partial charge on any atom is -0.330 e. The van der Waals surface area contributed by atoms with E-state index in [4.69, 9.17) is 5.73 Å². The Morgan fingerprint density at radius 3 is 2.65 bits per heavy atom. The molecule has 0 radical (unpaired) electrons. The Hall–Kier alpha value is -0.870. The molecule has 0 saturated heterocycles.